The first-order valence-corrected chi connectivity index (χ1v) is 7.67. The van der Waals surface area contributed by atoms with E-state index in [2.05, 4.69) is 32.0 Å². The second-order valence-electron chi connectivity index (χ2n) is 6.31. The van der Waals surface area contributed by atoms with Gasteiger partial charge in [0.05, 0.1) is 0 Å². The van der Waals surface area contributed by atoms with E-state index in [1.165, 1.54) is 6.33 Å². The molecule has 0 spiro atoms. The maximum atomic E-state index is 11.8. The Morgan fingerprint density at radius 1 is 1.27 bits per heavy atom. The highest BCUT2D eigenvalue weighted by molar-refractivity contribution is 5.84. The third-order valence-corrected chi connectivity index (χ3v) is 3.43. The molecular formula is C15H25N5O2. The number of anilines is 2. The molecule has 22 heavy (non-hydrogen) atoms. The van der Waals surface area contributed by atoms with Crippen molar-refractivity contribution in [1.82, 2.24) is 14.9 Å². The lowest BCUT2D eigenvalue weighted by Crippen LogP contribution is -2.46. The first kappa shape index (κ1) is 16.5. The minimum Gasteiger partial charge on any atom is -0.444 e. The molecule has 1 N–H and O–H groups in total. The average Bonchev–Trinajstić information content (AvgIpc) is 2.45. The molecule has 0 atom stereocenters. The third kappa shape index (κ3) is 4.84. The molecule has 0 unspecified atom stereocenters. The molecule has 0 radical (unpaired) electrons. The van der Waals surface area contributed by atoms with Crippen molar-refractivity contribution in [3.8, 4) is 0 Å². The Morgan fingerprint density at radius 3 is 2.55 bits per heavy atom. The van der Waals surface area contributed by atoms with Gasteiger partial charge in [0.15, 0.2) is 0 Å². The molecule has 0 aromatic carbocycles. The fraction of sp³-hybridized carbons (Fsp3) is 0.667. The Kier molecular flexibility index (Phi) is 5.18. The van der Waals surface area contributed by atoms with Crippen LogP contribution in [0.3, 0.4) is 0 Å². The number of rotatable bonds is 3. The minimum atomic E-state index is -0.531. The lowest BCUT2D eigenvalue weighted by Gasteiger charge is -2.34. The van der Waals surface area contributed by atoms with Crippen molar-refractivity contribution in [3.63, 3.8) is 0 Å². The van der Waals surface area contributed by atoms with Crippen LogP contribution in [0.1, 0.15) is 27.7 Å². The molecule has 7 nitrogen and oxygen atoms in total. The summed E-state index contributed by atoms with van der Waals surface area (Å²) in [6.07, 6.45) is 0.960. The van der Waals surface area contributed by atoms with Gasteiger partial charge in [-0.2, -0.15) is 0 Å². The first-order valence-electron chi connectivity index (χ1n) is 7.67. The largest absolute Gasteiger partial charge is 0.444 e. The van der Waals surface area contributed by atoms with E-state index in [0.717, 1.165) is 38.5 Å². The van der Waals surface area contributed by atoms with Gasteiger partial charge in [-0.05, 0) is 27.3 Å². The molecule has 7 heteroatoms. The number of hydrogen-bond donors (Lipinski definition) is 1. The number of likely N-dealkylation sites (N-methyl/N-ethyl adjacent to an activating group) is 1. The summed E-state index contributed by atoms with van der Waals surface area (Å²) in [5, 5.41) is 2.65. The predicted molar refractivity (Wildman–Crippen MR) is 86.2 cm³/mol. The third-order valence-electron chi connectivity index (χ3n) is 3.43. The Hall–Kier alpha value is -1.89. The van der Waals surface area contributed by atoms with Crippen LogP contribution in [-0.4, -0.2) is 59.3 Å². The van der Waals surface area contributed by atoms with Crippen LogP contribution in [0.5, 0.6) is 0 Å². The van der Waals surface area contributed by atoms with Crippen molar-refractivity contribution in [2.45, 2.75) is 33.3 Å². The van der Waals surface area contributed by atoms with E-state index < -0.39 is 11.7 Å². The highest BCUT2D eigenvalue weighted by Gasteiger charge is 2.19. The number of carbonyl (C=O) groups is 1. The standard InChI is InChI=1S/C15H25N5O2/c1-5-19-6-8-20(9-7-19)13-10-12(16-11-17-13)18-14(21)22-15(2,3)4/h10-11H,5-9H2,1-4H3,(H,16,17,18,21). The van der Waals surface area contributed by atoms with Gasteiger partial charge in [-0.25, -0.2) is 14.8 Å². The van der Waals surface area contributed by atoms with Gasteiger partial charge >= 0.3 is 6.09 Å². The van der Waals surface area contributed by atoms with Crippen LogP contribution in [0.15, 0.2) is 12.4 Å². The smallest absolute Gasteiger partial charge is 0.413 e. The Balaban J connectivity index is 1.97. The molecule has 1 amide bonds. The molecule has 0 bridgehead atoms. The van der Waals surface area contributed by atoms with E-state index in [4.69, 9.17) is 4.74 Å². The minimum absolute atomic E-state index is 0.456. The summed E-state index contributed by atoms with van der Waals surface area (Å²) in [7, 11) is 0. The van der Waals surface area contributed by atoms with Crippen LogP contribution in [-0.2, 0) is 4.74 Å². The summed E-state index contributed by atoms with van der Waals surface area (Å²) in [5.41, 5.74) is -0.531. The molecule has 1 fully saturated rings. The molecule has 0 saturated carbocycles. The number of carbonyl (C=O) groups excluding carboxylic acids is 1. The molecule has 1 saturated heterocycles. The number of aromatic nitrogens is 2. The molecule has 1 aliphatic heterocycles. The van der Waals surface area contributed by atoms with Gasteiger partial charge in [-0.3, -0.25) is 5.32 Å². The van der Waals surface area contributed by atoms with E-state index in [9.17, 15) is 4.79 Å². The van der Waals surface area contributed by atoms with Crippen molar-refractivity contribution in [2.24, 2.45) is 0 Å². The zero-order valence-electron chi connectivity index (χ0n) is 13.8. The highest BCUT2D eigenvalue weighted by Crippen LogP contribution is 2.17. The zero-order valence-corrected chi connectivity index (χ0v) is 13.8. The lowest BCUT2D eigenvalue weighted by molar-refractivity contribution is 0.0635. The Morgan fingerprint density at radius 2 is 1.95 bits per heavy atom. The number of amides is 1. The van der Waals surface area contributed by atoms with Crippen LogP contribution < -0.4 is 10.2 Å². The van der Waals surface area contributed by atoms with Crippen LogP contribution in [0, 0.1) is 0 Å². The van der Waals surface area contributed by atoms with Crippen molar-refractivity contribution in [1.29, 1.82) is 0 Å². The van der Waals surface area contributed by atoms with Gasteiger partial charge in [-0.15, -0.1) is 0 Å². The normalized spacial score (nSPS) is 16.5. The molecule has 1 aromatic rings. The van der Waals surface area contributed by atoms with Gasteiger partial charge < -0.3 is 14.5 Å². The second-order valence-corrected chi connectivity index (χ2v) is 6.31. The fourth-order valence-corrected chi connectivity index (χ4v) is 2.29. The van der Waals surface area contributed by atoms with E-state index >= 15 is 0 Å². The molecule has 122 valence electrons. The Bertz CT molecular complexity index is 507. The van der Waals surface area contributed by atoms with Crippen molar-refractivity contribution < 1.29 is 9.53 Å². The number of ether oxygens (including phenoxy) is 1. The van der Waals surface area contributed by atoms with Crippen molar-refractivity contribution in [2.75, 3.05) is 42.9 Å². The number of nitrogens with zero attached hydrogens (tertiary/aromatic N) is 4. The van der Waals surface area contributed by atoms with E-state index in [0.29, 0.717) is 5.82 Å². The van der Waals surface area contributed by atoms with Crippen molar-refractivity contribution in [3.05, 3.63) is 12.4 Å². The maximum absolute atomic E-state index is 11.8. The molecule has 1 aliphatic rings. The fourth-order valence-electron chi connectivity index (χ4n) is 2.29. The summed E-state index contributed by atoms with van der Waals surface area (Å²) >= 11 is 0. The lowest BCUT2D eigenvalue weighted by atomic mass is 10.2. The van der Waals surface area contributed by atoms with Gasteiger partial charge in [0.25, 0.3) is 0 Å². The number of hydrogen-bond acceptors (Lipinski definition) is 6. The Labute approximate surface area is 131 Å². The van der Waals surface area contributed by atoms with Crippen molar-refractivity contribution >= 4 is 17.7 Å². The molecular weight excluding hydrogens is 282 g/mol. The second kappa shape index (κ2) is 6.91. The van der Waals surface area contributed by atoms with E-state index in [-0.39, 0.29) is 0 Å². The number of piperazine rings is 1. The predicted octanol–water partition coefficient (Wildman–Crippen LogP) is 1.97. The molecule has 1 aromatic heterocycles. The van der Waals surface area contributed by atoms with E-state index in [1.54, 1.807) is 6.07 Å². The summed E-state index contributed by atoms with van der Waals surface area (Å²) < 4.78 is 5.22. The summed E-state index contributed by atoms with van der Waals surface area (Å²) in [6.45, 7) is 12.6. The van der Waals surface area contributed by atoms with E-state index in [1.807, 2.05) is 20.8 Å². The first-order chi connectivity index (χ1) is 10.4. The maximum Gasteiger partial charge on any atom is 0.413 e. The average molecular weight is 307 g/mol. The van der Waals surface area contributed by atoms with Gasteiger partial charge in [-0.1, -0.05) is 6.92 Å². The highest BCUT2D eigenvalue weighted by atomic mass is 16.6. The van der Waals surface area contributed by atoms with Crippen LogP contribution >= 0.6 is 0 Å². The molecule has 2 heterocycles. The number of nitrogens with one attached hydrogen (secondary N) is 1. The summed E-state index contributed by atoms with van der Waals surface area (Å²) in [5.74, 6) is 1.29. The van der Waals surface area contributed by atoms with Crippen LogP contribution in [0.2, 0.25) is 0 Å². The quantitative estimate of drug-likeness (QED) is 0.920. The van der Waals surface area contributed by atoms with Crippen LogP contribution in [0.25, 0.3) is 0 Å². The summed E-state index contributed by atoms with van der Waals surface area (Å²) in [4.78, 5) is 24.8. The molecule has 2 rings (SSSR count). The summed E-state index contributed by atoms with van der Waals surface area (Å²) in [6, 6.07) is 1.78. The molecule has 0 aliphatic carbocycles. The van der Waals surface area contributed by atoms with Crippen LogP contribution in [0.4, 0.5) is 16.4 Å². The van der Waals surface area contributed by atoms with Gasteiger partial charge in [0.1, 0.15) is 23.6 Å². The zero-order chi connectivity index (χ0) is 16.2. The van der Waals surface area contributed by atoms with Gasteiger partial charge in [0.2, 0.25) is 0 Å². The monoisotopic (exact) mass is 307 g/mol. The topological polar surface area (TPSA) is 70.6 Å². The van der Waals surface area contributed by atoms with Gasteiger partial charge in [0, 0.05) is 32.2 Å². The SMILES string of the molecule is CCN1CCN(c2cc(NC(=O)OC(C)(C)C)ncn2)CC1.